The molecule has 4 nitrogen and oxygen atoms in total. The molecule has 2 amide bonds. The Morgan fingerprint density at radius 2 is 1.85 bits per heavy atom. The summed E-state index contributed by atoms with van der Waals surface area (Å²) in [7, 11) is 0. The van der Waals surface area contributed by atoms with E-state index >= 15 is 0 Å². The van der Waals surface area contributed by atoms with Crippen molar-refractivity contribution < 1.29 is 14.0 Å². The van der Waals surface area contributed by atoms with E-state index < -0.39 is 5.41 Å². The smallest absolute Gasteiger partial charge is 0.235 e. The van der Waals surface area contributed by atoms with Crippen molar-refractivity contribution in [1.82, 2.24) is 0 Å². The first-order valence-electron chi connectivity index (χ1n) is 9.06. The Bertz CT molecular complexity index is 843. The van der Waals surface area contributed by atoms with Crippen molar-refractivity contribution in [1.29, 1.82) is 0 Å². The summed E-state index contributed by atoms with van der Waals surface area (Å²) in [6, 6.07) is 13.7. The van der Waals surface area contributed by atoms with Crippen molar-refractivity contribution in [2.24, 2.45) is 0 Å². The lowest BCUT2D eigenvalue weighted by Crippen LogP contribution is -2.46. The van der Waals surface area contributed by atoms with Crippen LogP contribution in [0.5, 0.6) is 0 Å². The Morgan fingerprint density at radius 1 is 1.08 bits per heavy atom. The first-order valence-corrected chi connectivity index (χ1v) is 9.06. The molecule has 1 saturated carbocycles. The molecule has 0 unspecified atom stereocenters. The third-order valence-corrected chi connectivity index (χ3v) is 5.53. The van der Waals surface area contributed by atoms with E-state index in [1.165, 1.54) is 12.1 Å². The summed E-state index contributed by atoms with van der Waals surface area (Å²) in [4.78, 5) is 26.5. The number of nitrogens with zero attached hydrogens (tertiary/aromatic N) is 1. The van der Waals surface area contributed by atoms with Gasteiger partial charge in [0.05, 0.1) is 5.41 Å². The summed E-state index contributed by atoms with van der Waals surface area (Å²) >= 11 is 0. The molecule has 1 heterocycles. The predicted molar refractivity (Wildman–Crippen MR) is 98.6 cm³/mol. The molecule has 0 bridgehead atoms. The summed E-state index contributed by atoms with van der Waals surface area (Å²) < 4.78 is 13.6. The van der Waals surface area contributed by atoms with Crippen LogP contribution in [0.3, 0.4) is 0 Å². The zero-order valence-corrected chi connectivity index (χ0v) is 14.5. The fourth-order valence-electron chi connectivity index (χ4n) is 3.86. The molecule has 4 rings (SSSR count). The molecule has 2 aromatic carbocycles. The fourth-order valence-corrected chi connectivity index (χ4v) is 3.86. The summed E-state index contributed by atoms with van der Waals surface area (Å²) in [5.74, 6) is -0.276. The number of carbonyl (C=O) groups excluding carboxylic acids is 2. The van der Waals surface area contributed by atoms with Crippen LogP contribution in [0.1, 0.15) is 37.7 Å². The minimum absolute atomic E-state index is 0.0978. The lowest BCUT2D eigenvalue weighted by Gasteiger charge is -2.40. The van der Waals surface area contributed by atoms with E-state index in [0.29, 0.717) is 12.1 Å². The van der Waals surface area contributed by atoms with Crippen LogP contribution >= 0.6 is 0 Å². The number of nitrogens with one attached hydrogen (secondary N) is 1. The molecule has 1 N–H and O–H groups in total. The molecule has 1 saturated heterocycles. The van der Waals surface area contributed by atoms with E-state index in [1.807, 2.05) is 30.3 Å². The van der Waals surface area contributed by atoms with Crippen LogP contribution in [0.2, 0.25) is 0 Å². The highest BCUT2D eigenvalue weighted by atomic mass is 19.1. The SMILES string of the molecule is O=C1CCCN1c1ccc(NC(=O)C2(c3cccc(F)c3)CCC2)cc1. The maximum absolute atomic E-state index is 13.6. The second kappa shape index (κ2) is 6.56. The lowest BCUT2D eigenvalue weighted by molar-refractivity contribution is -0.124. The van der Waals surface area contributed by atoms with Gasteiger partial charge in [0.15, 0.2) is 0 Å². The zero-order valence-electron chi connectivity index (χ0n) is 14.5. The Morgan fingerprint density at radius 3 is 2.42 bits per heavy atom. The first kappa shape index (κ1) is 16.8. The van der Waals surface area contributed by atoms with Crippen LogP contribution in [0.4, 0.5) is 15.8 Å². The maximum Gasteiger partial charge on any atom is 0.235 e. The second-order valence-corrected chi connectivity index (χ2v) is 7.10. The monoisotopic (exact) mass is 352 g/mol. The second-order valence-electron chi connectivity index (χ2n) is 7.10. The summed E-state index contributed by atoms with van der Waals surface area (Å²) in [5.41, 5.74) is 1.63. The molecular weight excluding hydrogens is 331 g/mol. The van der Waals surface area contributed by atoms with Crippen molar-refractivity contribution >= 4 is 23.2 Å². The minimum Gasteiger partial charge on any atom is -0.325 e. The molecule has 134 valence electrons. The zero-order chi connectivity index (χ0) is 18.1. The number of rotatable bonds is 4. The highest BCUT2D eigenvalue weighted by Crippen LogP contribution is 2.44. The molecule has 1 aliphatic carbocycles. The molecule has 26 heavy (non-hydrogen) atoms. The van der Waals surface area contributed by atoms with Gasteiger partial charge >= 0.3 is 0 Å². The standard InChI is InChI=1S/C21H21FN2O2/c22-16-5-1-4-15(14-16)21(11-3-12-21)20(26)23-17-7-9-18(10-8-17)24-13-2-6-19(24)25/h1,4-5,7-10,14H,2-3,6,11-13H2,(H,23,26). The van der Waals surface area contributed by atoms with E-state index in [4.69, 9.17) is 0 Å². The van der Waals surface area contributed by atoms with Gasteiger partial charge < -0.3 is 10.2 Å². The Labute approximate surface area is 152 Å². The van der Waals surface area contributed by atoms with Gasteiger partial charge in [0.1, 0.15) is 5.82 Å². The highest BCUT2D eigenvalue weighted by Gasteiger charge is 2.45. The van der Waals surface area contributed by atoms with Gasteiger partial charge in [-0.05, 0) is 61.2 Å². The molecule has 2 fully saturated rings. The normalized spacial score (nSPS) is 18.5. The van der Waals surface area contributed by atoms with Crippen molar-refractivity contribution in [2.45, 2.75) is 37.5 Å². The Balaban J connectivity index is 1.51. The molecule has 5 heteroatoms. The van der Waals surface area contributed by atoms with Crippen LogP contribution in [0.25, 0.3) is 0 Å². The highest BCUT2D eigenvalue weighted by molar-refractivity contribution is 6.00. The van der Waals surface area contributed by atoms with Gasteiger partial charge in [-0.15, -0.1) is 0 Å². The average Bonchev–Trinajstić information content (AvgIpc) is 3.01. The van der Waals surface area contributed by atoms with E-state index in [2.05, 4.69) is 5.32 Å². The van der Waals surface area contributed by atoms with Crippen LogP contribution < -0.4 is 10.2 Å². The summed E-state index contributed by atoms with van der Waals surface area (Å²) in [6.45, 7) is 0.743. The number of halogens is 1. The van der Waals surface area contributed by atoms with Crippen LogP contribution in [0.15, 0.2) is 48.5 Å². The summed E-state index contributed by atoms with van der Waals surface area (Å²) in [5, 5.41) is 2.97. The van der Waals surface area contributed by atoms with Crippen molar-refractivity contribution in [2.75, 3.05) is 16.8 Å². The number of carbonyl (C=O) groups is 2. The van der Waals surface area contributed by atoms with Crippen LogP contribution in [0, 0.1) is 5.82 Å². The molecule has 2 aliphatic rings. The summed E-state index contributed by atoms with van der Waals surface area (Å²) in [6.07, 6.45) is 3.88. The van der Waals surface area contributed by atoms with Gasteiger partial charge in [0.2, 0.25) is 11.8 Å². The molecule has 0 atom stereocenters. The number of benzene rings is 2. The first-order chi connectivity index (χ1) is 12.6. The topological polar surface area (TPSA) is 49.4 Å². The van der Waals surface area contributed by atoms with Crippen LogP contribution in [-0.4, -0.2) is 18.4 Å². The number of hydrogen-bond donors (Lipinski definition) is 1. The van der Waals surface area contributed by atoms with Gasteiger partial charge in [0.25, 0.3) is 0 Å². The molecule has 1 aliphatic heterocycles. The third kappa shape index (κ3) is 2.87. The number of amides is 2. The Hall–Kier alpha value is -2.69. The van der Waals surface area contributed by atoms with Gasteiger partial charge in [0, 0.05) is 24.3 Å². The van der Waals surface area contributed by atoms with Gasteiger partial charge in [-0.2, -0.15) is 0 Å². The number of hydrogen-bond acceptors (Lipinski definition) is 2. The average molecular weight is 352 g/mol. The molecule has 0 spiro atoms. The van der Waals surface area contributed by atoms with Gasteiger partial charge in [-0.3, -0.25) is 9.59 Å². The molecular formula is C21H21FN2O2. The number of anilines is 2. The quantitative estimate of drug-likeness (QED) is 0.904. The maximum atomic E-state index is 13.6. The third-order valence-electron chi connectivity index (χ3n) is 5.53. The predicted octanol–water partition coefficient (Wildman–Crippen LogP) is 4.01. The van der Waals surface area contributed by atoms with Gasteiger partial charge in [-0.25, -0.2) is 4.39 Å². The largest absolute Gasteiger partial charge is 0.325 e. The Kier molecular flexibility index (Phi) is 4.23. The van der Waals surface area contributed by atoms with Crippen molar-refractivity contribution in [3.05, 3.63) is 59.9 Å². The van der Waals surface area contributed by atoms with E-state index in [0.717, 1.165) is 43.5 Å². The van der Waals surface area contributed by atoms with E-state index in [1.54, 1.807) is 11.0 Å². The fraction of sp³-hybridized carbons (Fsp3) is 0.333. The molecule has 0 radical (unpaired) electrons. The van der Waals surface area contributed by atoms with Crippen LogP contribution in [-0.2, 0) is 15.0 Å². The van der Waals surface area contributed by atoms with E-state index in [-0.39, 0.29) is 17.6 Å². The lowest BCUT2D eigenvalue weighted by atomic mass is 9.63. The van der Waals surface area contributed by atoms with Crippen molar-refractivity contribution in [3.63, 3.8) is 0 Å². The molecule has 0 aromatic heterocycles. The minimum atomic E-state index is -0.647. The van der Waals surface area contributed by atoms with Crippen molar-refractivity contribution in [3.8, 4) is 0 Å². The van der Waals surface area contributed by atoms with E-state index in [9.17, 15) is 14.0 Å². The van der Waals surface area contributed by atoms with Gasteiger partial charge in [-0.1, -0.05) is 18.6 Å². The molecule has 2 aromatic rings.